The first kappa shape index (κ1) is 21.0. The molecule has 0 saturated carbocycles. The third-order valence-corrected chi connectivity index (χ3v) is 5.68. The molecule has 0 unspecified atom stereocenters. The molecular formula is C26H16ClFO5. The second kappa shape index (κ2) is 8.22. The molecule has 0 aliphatic carbocycles. The minimum atomic E-state index is -0.617. The van der Waals surface area contributed by atoms with Gasteiger partial charge in [0.25, 0.3) is 0 Å². The Labute approximate surface area is 191 Å². The number of halogens is 2. The maximum Gasteiger partial charge on any atom is 0.344 e. The SMILES string of the molecule is Cc1c(OCc2ccc(Cl)cc2F)ccc2c(-c3cc4ccccc4oc3=O)cc(=O)oc12. The number of aryl methyl sites for hydroxylation is 1. The Kier molecular flexibility index (Phi) is 5.23. The summed E-state index contributed by atoms with van der Waals surface area (Å²) in [6.07, 6.45) is 0. The van der Waals surface area contributed by atoms with Crippen molar-refractivity contribution in [1.29, 1.82) is 0 Å². The molecule has 164 valence electrons. The van der Waals surface area contributed by atoms with Gasteiger partial charge in [0.1, 0.15) is 29.3 Å². The predicted molar refractivity (Wildman–Crippen MR) is 124 cm³/mol. The van der Waals surface area contributed by atoms with E-state index in [4.69, 9.17) is 25.2 Å². The molecule has 0 fully saturated rings. The molecule has 5 nitrogen and oxygen atoms in total. The van der Waals surface area contributed by atoms with Crippen LogP contribution < -0.4 is 16.0 Å². The van der Waals surface area contributed by atoms with E-state index in [-0.39, 0.29) is 17.8 Å². The number of rotatable bonds is 4. The van der Waals surface area contributed by atoms with Crippen molar-refractivity contribution in [1.82, 2.24) is 0 Å². The van der Waals surface area contributed by atoms with Crippen LogP contribution in [0.1, 0.15) is 11.1 Å². The van der Waals surface area contributed by atoms with Crippen LogP contribution in [-0.2, 0) is 6.61 Å². The van der Waals surface area contributed by atoms with Crippen LogP contribution in [0.15, 0.2) is 85.2 Å². The summed E-state index contributed by atoms with van der Waals surface area (Å²) in [5, 5.41) is 1.58. The highest BCUT2D eigenvalue weighted by Gasteiger charge is 2.17. The lowest BCUT2D eigenvalue weighted by atomic mass is 10.0. The van der Waals surface area contributed by atoms with Gasteiger partial charge in [-0.3, -0.25) is 0 Å². The van der Waals surface area contributed by atoms with Gasteiger partial charge in [-0.25, -0.2) is 14.0 Å². The zero-order valence-electron chi connectivity index (χ0n) is 17.4. The number of hydrogen-bond acceptors (Lipinski definition) is 5. The van der Waals surface area contributed by atoms with E-state index in [0.717, 1.165) is 5.39 Å². The van der Waals surface area contributed by atoms with Crippen molar-refractivity contribution in [2.45, 2.75) is 13.5 Å². The van der Waals surface area contributed by atoms with Gasteiger partial charge in [-0.1, -0.05) is 35.9 Å². The molecule has 2 aromatic heterocycles. The highest BCUT2D eigenvalue weighted by molar-refractivity contribution is 6.30. The van der Waals surface area contributed by atoms with Crippen LogP contribution in [0.4, 0.5) is 4.39 Å². The van der Waals surface area contributed by atoms with E-state index in [1.807, 2.05) is 12.1 Å². The molecule has 33 heavy (non-hydrogen) atoms. The van der Waals surface area contributed by atoms with E-state index in [2.05, 4.69) is 0 Å². The minimum absolute atomic E-state index is 0.0342. The minimum Gasteiger partial charge on any atom is -0.488 e. The average Bonchev–Trinajstić information content (AvgIpc) is 2.79. The Morgan fingerprint density at radius 2 is 1.76 bits per heavy atom. The van der Waals surface area contributed by atoms with Crippen LogP contribution in [-0.4, -0.2) is 0 Å². The Hall–Kier alpha value is -3.90. The molecule has 0 bridgehead atoms. The molecular weight excluding hydrogens is 447 g/mol. The summed E-state index contributed by atoms with van der Waals surface area (Å²) in [6, 6.07) is 17.8. The predicted octanol–water partition coefficient (Wildman–Crippen LogP) is 6.25. The van der Waals surface area contributed by atoms with Crippen molar-refractivity contribution in [2.75, 3.05) is 0 Å². The third-order valence-electron chi connectivity index (χ3n) is 5.44. The van der Waals surface area contributed by atoms with Crippen LogP contribution in [0.3, 0.4) is 0 Å². The fourth-order valence-electron chi connectivity index (χ4n) is 3.77. The van der Waals surface area contributed by atoms with Crippen molar-refractivity contribution < 1.29 is 18.0 Å². The van der Waals surface area contributed by atoms with Crippen molar-refractivity contribution in [2.24, 2.45) is 0 Å². The highest BCUT2D eigenvalue weighted by Crippen LogP contribution is 2.33. The number of benzene rings is 3. The maximum absolute atomic E-state index is 14.1. The molecule has 5 rings (SSSR count). The Morgan fingerprint density at radius 3 is 2.58 bits per heavy atom. The van der Waals surface area contributed by atoms with Crippen molar-refractivity contribution in [3.05, 3.63) is 110 Å². The standard InChI is InChI=1S/C26H16ClFO5/c1-14-22(31-13-16-6-7-17(27)11-21(16)28)9-8-18-19(12-24(29)33-25(14)18)20-10-15-4-2-3-5-23(15)32-26(20)30/h2-12H,13H2,1H3. The molecule has 0 radical (unpaired) electrons. The first-order valence-corrected chi connectivity index (χ1v) is 10.5. The fourth-order valence-corrected chi connectivity index (χ4v) is 3.92. The van der Waals surface area contributed by atoms with E-state index in [0.29, 0.717) is 38.4 Å². The molecule has 0 aliphatic rings. The zero-order valence-corrected chi connectivity index (χ0v) is 18.1. The molecule has 7 heteroatoms. The van der Waals surface area contributed by atoms with Gasteiger partial charge in [0.05, 0.1) is 5.56 Å². The zero-order chi connectivity index (χ0) is 23.1. The van der Waals surface area contributed by atoms with Gasteiger partial charge in [0, 0.05) is 38.6 Å². The van der Waals surface area contributed by atoms with E-state index < -0.39 is 17.1 Å². The van der Waals surface area contributed by atoms with Gasteiger partial charge in [-0.05, 0) is 43.3 Å². The summed E-state index contributed by atoms with van der Waals surface area (Å²) in [5.74, 6) is -0.0551. The van der Waals surface area contributed by atoms with E-state index in [1.165, 1.54) is 12.1 Å². The molecule has 2 heterocycles. The average molecular weight is 463 g/mol. The van der Waals surface area contributed by atoms with Crippen LogP contribution in [0, 0.1) is 12.7 Å². The molecule has 0 N–H and O–H groups in total. The van der Waals surface area contributed by atoms with Crippen molar-refractivity contribution >= 4 is 33.5 Å². The first-order chi connectivity index (χ1) is 15.9. The normalized spacial score (nSPS) is 11.2. The number of fused-ring (bicyclic) bond motifs is 2. The topological polar surface area (TPSA) is 69.7 Å². The van der Waals surface area contributed by atoms with E-state index >= 15 is 0 Å². The van der Waals surface area contributed by atoms with Gasteiger partial charge in [-0.15, -0.1) is 0 Å². The van der Waals surface area contributed by atoms with E-state index in [9.17, 15) is 14.0 Å². The Morgan fingerprint density at radius 1 is 0.939 bits per heavy atom. The highest BCUT2D eigenvalue weighted by atomic mass is 35.5. The third kappa shape index (κ3) is 3.90. The summed E-state index contributed by atoms with van der Waals surface area (Å²) >= 11 is 5.80. The molecule has 3 aromatic carbocycles. The molecule has 0 spiro atoms. The van der Waals surface area contributed by atoms with Crippen molar-refractivity contribution in [3.63, 3.8) is 0 Å². The van der Waals surface area contributed by atoms with Crippen LogP contribution >= 0.6 is 11.6 Å². The van der Waals surface area contributed by atoms with Gasteiger partial charge >= 0.3 is 11.3 Å². The quantitative estimate of drug-likeness (QED) is 0.295. The molecule has 0 atom stereocenters. The lowest BCUT2D eigenvalue weighted by molar-refractivity contribution is 0.297. The van der Waals surface area contributed by atoms with E-state index in [1.54, 1.807) is 49.4 Å². The Bertz CT molecular complexity index is 1650. The summed E-state index contributed by atoms with van der Waals surface area (Å²) in [4.78, 5) is 25.1. The van der Waals surface area contributed by atoms with Crippen LogP contribution in [0.2, 0.25) is 5.02 Å². The second-order valence-corrected chi connectivity index (χ2v) is 7.99. The molecule has 0 saturated heterocycles. The molecule has 0 aliphatic heterocycles. The van der Waals surface area contributed by atoms with Crippen molar-refractivity contribution in [3.8, 4) is 16.9 Å². The van der Waals surface area contributed by atoms with Gasteiger partial charge < -0.3 is 13.6 Å². The van der Waals surface area contributed by atoms with Crippen LogP contribution in [0.25, 0.3) is 33.1 Å². The van der Waals surface area contributed by atoms with Gasteiger partial charge in [0.2, 0.25) is 0 Å². The lowest BCUT2D eigenvalue weighted by Crippen LogP contribution is -2.07. The summed E-state index contributed by atoms with van der Waals surface area (Å²) < 4.78 is 30.8. The maximum atomic E-state index is 14.1. The summed E-state index contributed by atoms with van der Waals surface area (Å²) in [5.41, 5.74) is 1.10. The lowest BCUT2D eigenvalue weighted by Gasteiger charge is -2.13. The summed E-state index contributed by atoms with van der Waals surface area (Å²) in [7, 11) is 0. The molecule has 0 amide bonds. The number of para-hydroxylation sites is 1. The Balaban J connectivity index is 1.60. The number of hydrogen-bond donors (Lipinski definition) is 0. The fraction of sp³-hybridized carbons (Fsp3) is 0.0769. The monoisotopic (exact) mass is 462 g/mol. The molecule has 5 aromatic rings. The first-order valence-electron chi connectivity index (χ1n) is 10.1. The number of ether oxygens (including phenoxy) is 1. The van der Waals surface area contributed by atoms with Gasteiger partial charge in [-0.2, -0.15) is 0 Å². The van der Waals surface area contributed by atoms with Gasteiger partial charge in [0.15, 0.2) is 0 Å². The smallest absolute Gasteiger partial charge is 0.344 e. The summed E-state index contributed by atoms with van der Waals surface area (Å²) in [6.45, 7) is 1.69. The largest absolute Gasteiger partial charge is 0.488 e. The second-order valence-electron chi connectivity index (χ2n) is 7.55. The van der Waals surface area contributed by atoms with Crippen LogP contribution in [0.5, 0.6) is 5.75 Å².